The molecule has 0 unspecified atom stereocenters. The highest BCUT2D eigenvalue weighted by Crippen LogP contribution is 2.22. The molecule has 0 aliphatic heterocycles. The summed E-state index contributed by atoms with van der Waals surface area (Å²) in [6, 6.07) is 12.1. The van der Waals surface area contributed by atoms with E-state index in [4.69, 9.17) is 16.3 Å². The molecule has 0 spiro atoms. The normalized spacial score (nSPS) is 11.0. The fourth-order valence-corrected chi connectivity index (χ4v) is 3.15. The van der Waals surface area contributed by atoms with Crippen molar-refractivity contribution >= 4 is 27.5 Å². The van der Waals surface area contributed by atoms with E-state index in [1.165, 1.54) is 50.6 Å². The topological polar surface area (TPSA) is 63.7 Å². The summed E-state index contributed by atoms with van der Waals surface area (Å²) in [6.07, 6.45) is 0. The molecule has 0 heterocycles. The fraction of sp³-hybridized carbons (Fsp3) is 0.133. The van der Waals surface area contributed by atoms with Crippen LogP contribution in [0.15, 0.2) is 53.4 Å². The molecule has 0 saturated heterocycles. The maximum Gasteiger partial charge on any atom is 0.268 e. The molecule has 0 N–H and O–H groups in total. The maximum absolute atomic E-state index is 12.5. The van der Waals surface area contributed by atoms with E-state index in [0.717, 1.165) is 0 Å². The first kappa shape index (κ1) is 16.3. The molecule has 22 heavy (non-hydrogen) atoms. The Bertz CT molecular complexity index is 787. The number of hydrogen-bond donors (Lipinski definition) is 0. The van der Waals surface area contributed by atoms with Crippen molar-refractivity contribution in [1.29, 1.82) is 0 Å². The molecule has 0 fully saturated rings. The van der Waals surface area contributed by atoms with Crippen LogP contribution in [0.2, 0.25) is 5.02 Å². The first-order valence-electron chi connectivity index (χ1n) is 6.30. The van der Waals surface area contributed by atoms with E-state index < -0.39 is 15.9 Å². The lowest BCUT2D eigenvalue weighted by atomic mass is 10.2. The Balaban J connectivity index is 2.36. The average Bonchev–Trinajstić information content (AvgIpc) is 2.54. The SMILES string of the molecule is COc1ccc(S(=O)(=O)N(C)C(=O)c2ccccc2Cl)cc1. The van der Waals surface area contributed by atoms with Crippen molar-refractivity contribution in [3.05, 3.63) is 59.1 Å². The van der Waals surface area contributed by atoms with Crippen molar-refractivity contribution in [1.82, 2.24) is 4.31 Å². The van der Waals surface area contributed by atoms with Crippen LogP contribution in [0.5, 0.6) is 5.75 Å². The minimum atomic E-state index is -3.96. The van der Waals surface area contributed by atoms with Gasteiger partial charge in [0.1, 0.15) is 5.75 Å². The molecule has 5 nitrogen and oxygen atoms in total. The van der Waals surface area contributed by atoms with Gasteiger partial charge in [-0.25, -0.2) is 12.7 Å². The maximum atomic E-state index is 12.5. The van der Waals surface area contributed by atoms with Gasteiger partial charge in [0.2, 0.25) is 0 Å². The number of ether oxygens (including phenoxy) is 1. The van der Waals surface area contributed by atoms with Crippen LogP contribution in [0.1, 0.15) is 10.4 Å². The molecule has 2 aromatic carbocycles. The van der Waals surface area contributed by atoms with Gasteiger partial charge in [-0.2, -0.15) is 0 Å². The zero-order valence-corrected chi connectivity index (χ0v) is 13.6. The fourth-order valence-electron chi connectivity index (χ4n) is 1.82. The Morgan fingerprint density at radius 2 is 1.68 bits per heavy atom. The van der Waals surface area contributed by atoms with E-state index in [-0.39, 0.29) is 15.5 Å². The number of rotatable bonds is 4. The summed E-state index contributed by atoms with van der Waals surface area (Å²) in [4.78, 5) is 12.3. The highest BCUT2D eigenvalue weighted by molar-refractivity contribution is 7.89. The van der Waals surface area contributed by atoms with Crippen molar-refractivity contribution in [2.45, 2.75) is 4.90 Å². The molecule has 1 amide bonds. The van der Waals surface area contributed by atoms with Crippen LogP contribution in [0.3, 0.4) is 0 Å². The molecular formula is C15H14ClNO4S. The van der Waals surface area contributed by atoms with Gasteiger partial charge in [-0.1, -0.05) is 23.7 Å². The van der Waals surface area contributed by atoms with Crippen LogP contribution in [0.4, 0.5) is 0 Å². The number of halogens is 1. The predicted molar refractivity (Wildman–Crippen MR) is 83.7 cm³/mol. The predicted octanol–water partition coefficient (Wildman–Crippen LogP) is 2.81. The summed E-state index contributed by atoms with van der Waals surface area (Å²) in [5.41, 5.74) is 0.128. The zero-order chi connectivity index (χ0) is 16.3. The summed E-state index contributed by atoms with van der Waals surface area (Å²) < 4.78 is 30.6. The molecule has 116 valence electrons. The number of hydrogen-bond acceptors (Lipinski definition) is 4. The van der Waals surface area contributed by atoms with Gasteiger partial charge in [-0.15, -0.1) is 0 Å². The van der Waals surface area contributed by atoms with Gasteiger partial charge in [0.25, 0.3) is 15.9 Å². The van der Waals surface area contributed by atoms with Crippen LogP contribution < -0.4 is 4.74 Å². The van der Waals surface area contributed by atoms with Crippen LogP contribution in [-0.2, 0) is 10.0 Å². The standard InChI is InChI=1S/C15H14ClNO4S/c1-17(15(18)13-5-3-4-6-14(13)16)22(19,20)12-9-7-11(21-2)8-10-12/h3-10H,1-2H3. The van der Waals surface area contributed by atoms with Gasteiger partial charge in [0.15, 0.2) is 0 Å². The highest BCUT2D eigenvalue weighted by atomic mass is 35.5. The highest BCUT2D eigenvalue weighted by Gasteiger charge is 2.27. The van der Waals surface area contributed by atoms with Gasteiger partial charge in [0, 0.05) is 7.05 Å². The number of carbonyl (C=O) groups excluding carboxylic acids is 1. The zero-order valence-electron chi connectivity index (χ0n) is 12.0. The van der Waals surface area contributed by atoms with Crippen LogP contribution in [0, 0.1) is 0 Å². The minimum Gasteiger partial charge on any atom is -0.497 e. The molecule has 0 atom stereocenters. The van der Waals surface area contributed by atoms with Gasteiger partial charge < -0.3 is 4.74 Å². The summed E-state index contributed by atoms with van der Waals surface area (Å²) in [6.45, 7) is 0. The summed E-state index contributed by atoms with van der Waals surface area (Å²) in [5, 5.41) is 0.198. The largest absolute Gasteiger partial charge is 0.497 e. The van der Waals surface area contributed by atoms with Crippen LogP contribution in [0.25, 0.3) is 0 Å². The van der Waals surface area contributed by atoms with Crippen molar-refractivity contribution in [3.63, 3.8) is 0 Å². The molecule has 0 aliphatic carbocycles. The second-order valence-electron chi connectivity index (χ2n) is 4.43. The molecule has 7 heteroatoms. The monoisotopic (exact) mass is 339 g/mol. The number of nitrogens with zero attached hydrogens (tertiary/aromatic N) is 1. The summed E-state index contributed by atoms with van der Waals surface area (Å²) in [5.74, 6) is -0.166. The number of sulfonamides is 1. The molecule has 0 bridgehead atoms. The Labute approximate surface area is 134 Å². The van der Waals surface area contributed by atoms with Crippen LogP contribution in [-0.4, -0.2) is 32.8 Å². The third-order valence-electron chi connectivity index (χ3n) is 3.11. The molecule has 2 aromatic rings. The minimum absolute atomic E-state index is 0.00352. The Morgan fingerprint density at radius 3 is 2.23 bits per heavy atom. The number of methoxy groups -OCH3 is 1. The first-order chi connectivity index (χ1) is 10.4. The van der Waals surface area contributed by atoms with Gasteiger partial charge >= 0.3 is 0 Å². The lowest BCUT2D eigenvalue weighted by molar-refractivity contribution is 0.0883. The van der Waals surface area contributed by atoms with Crippen molar-refractivity contribution < 1.29 is 17.9 Å². The third-order valence-corrected chi connectivity index (χ3v) is 5.19. The summed E-state index contributed by atoms with van der Waals surface area (Å²) >= 11 is 5.94. The van der Waals surface area contributed by atoms with Crippen molar-refractivity contribution in [3.8, 4) is 5.75 Å². The van der Waals surface area contributed by atoms with Gasteiger partial charge in [0.05, 0.1) is 22.6 Å². The van der Waals surface area contributed by atoms with E-state index in [1.54, 1.807) is 12.1 Å². The summed E-state index contributed by atoms with van der Waals surface area (Å²) in [7, 11) is -1.28. The third kappa shape index (κ3) is 3.08. The molecule has 0 aromatic heterocycles. The smallest absolute Gasteiger partial charge is 0.268 e. The van der Waals surface area contributed by atoms with Gasteiger partial charge in [-0.3, -0.25) is 4.79 Å². The van der Waals surface area contributed by atoms with E-state index in [0.29, 0.717) is 10.1 Å². The van der Waals surface area contributed by atoms with E-state index >= 15 is 0 Å². The number of benzene rings is 2. The average molecular weight is 340 g/mol. The number of amides is 1. The van der Waals surface area contributed by atoms with Crippen LogP contribution >= 0.6 is 11.6 Å². The van der Waals surface area contributed by atoms with Crippen molar-refractivity contribution in [2.24, 2.45) is 0 Å². The molecular weight excluding hydrogens is 326 g/mol. The lowest BCUT2D eigenvalue weighted by Gasteiger charge is -2.18. The Kier molecular flexibility index (Phi) is 4.73. The second-order valence-corrected chi connectivity index (χ2v) is 6.81. The van der Waals surface area contributed by atoms with Gasteiger partial charge in [-0.05, 0) is 36.4 Å². The molecule has 0 radical (unpaired) electrons. The lowest BCUT2D eigenvalue weighted by Crippen LogP contribution is -2.33. The Hall–Kier alpha value is -2.05. The molecule has 2 rings (SSSR count). The van der Waals surface area contributed by atoms with E-state index in [1.807, 2.05) is 0 Å². The Morgan fingerprint density at radius 1 is 1.09 bits per heavy atom. The molecule has 0 aliphatic rings. The second kappa shape index (κ2) is 6.37. The molecule has 0 saturated carbocycles. The van der Waals surface area contributed by atoms with E-state index in [9.17, 15) is 13.2 Å². The number of carbonyl (C=O) groups is 1. The quantitative estimate of drug-likeness (QED) is 0.859. The van der Waals surface area contributed by atoms with Crippen molar-refractivity contribution in [2.75, 3.05) is 14.2 Å². The first-order valence-corrected chi connectivity index (χ1v) is 8.11. The van der Waals surface area contributed by atoms with E-state index in [2.05, 4.69) is 0 Å².